The molecule has 0 amide bonds. The number of aromatic nitrogens is 6. The van der Waals surface area contributed by atoms with Crippen LogP contribution in [0.2, 0.25) is 0 Å². The summed E-state index contributed by atoms with van der Waals surface area (Å²) in [7, 11) is 3.63. The van der Waals surface area contributed by atoms with Crippen LogP contribution in [0.3, 0.4) is 0 Å². The zero-order valence-electron chi connectivity index (χ0n) is 19.3. The van der Waals surface area contributed by atoms with Crippen molar-refractivity contribution in [2.75, 3.05) is 11.9 Å². The number of alkyl halides is 1. The molecule has 2 N–H and O–H groups in total. The smallest absolute Gasteiger partial charge is 0.185 e. The molecule has 2 aliphatic heterocycles. The molecule has 2 aliphatic rings. The SMILES string of the molecule is CN(c1cnc(-c2ccc(-c3ncn(C)n3)cc2O)nn1)[C@@H]1C[C@@]2(C)CCC[C@](C)(N2)[C@@H]1F. The van der Waals surface area contributed by atoms with Crippen molar-refractivity contribution < 1.29 is 9.50 Å². The van der Waals surface area contributed by atoms with Crippen LogP contribution in [-0.4, -0.2) is 65.4 Å². The molecule has 33 heavy (non-hydrogen) atoms. The van der Waals surface area contributed by atoms with Gasteiger partial charge in [0.05, 0.1) is 17.8 Å². The summed E-state index contributed by atoms with van der Waals surface area (Å²) in [4.78, 5) is 10.5. The fourth-order valence-corrected chi connectivity index (χ4v) is 5.40. The van der Waals surface area contributed by atoms with Crippen LogP contribution < -0.4 is 10.2 Å². The lowest BCUT2D eigenvalue weighted by Crippen LogP contribution is -2.72. The van der Waals surface area contributed by atoms with Crippen LogP contribution in [0.5, 0.6) is 5.75 Å². The highest BCUT2D eigenvalue weighted by Gasteiger charge is 2.53. The molecular formula is C23H29FN8O. The van der Waals surface area contributed by atoms with Crippen molar-refractivity contribution in [1.29, 1.82) is 0 Å². The lowest BCUT2D eigenvalue weighted by Gasteiger charge is -2.56. The molecule has 2 fully saturated rings. The second kappa shape index (κ2) is 7.72. The van der Waals surface area contributed by atoms with E-state index in [-0.39, 0.29) is 17.3 Å². The number of aryl methyl sites for hydroxylation is 1. The van der Waals surface area contributed by atoms with Crippen molar-refractivity contribution in [3.05, 3.63) is 30.7 Å². The molecule has 9 nitrogen and oxygen atoms in total. The van der Waals surface area contributed by atoms with E-state index in [0.717, 1.165) is 19.3 Å². The molecule has 0 radical (unpaired) electrons. The molecule has 5 rings (SSSR count). The zero-order valence-corrected chi connectivity index (χ0v) is 19.3. The van der Waals surface area contributed by atoms with E-state index in [4.69, 9.17) is 0 Å². The number of nitrogens with zero attached hydrogens (tertiary/aromatic N) is 7. The van der Waals surface area contributed by atoms with Crippen molar-refractivity contribution >= 4 is 5.82 Å². The Hall–Kier alpha value is -3.14. The maximum absolute atomic E-state index is 15.6. The van der Waals surface area contributed by atoms with Crippen molar-refractivity contribution in [3.8, 4) is 28.5 Å². The van der Waals surface area contributed by atoms with Gasteiger partial charge in [-0.2, -0.15) is 5.10 Å². The Morgan fingerprint density at radius 3 is 2.67 bits per heavy atom. The number of nitrogens with one attached hydrogen (secondary N) is 1. The van der Waals surface area contributed by atoms with E-state index in [1.165, 1.54) is 0 Å². The first-order valence-corrected chi connectivity index (χ1v) is 11.2. The monoisotopic (exact) mass is 452 g/mol. The van der Waals surface area contributed by atoms with Gasteiger partial charge in [0.1, 0.15) is 18.2 Å². The lowest BCUT2D eigenvalue weighted by atomic mass is 9.68. The van der Waals surface area contributed by atoms with Gasteiger partial charge in [0, 0.05) is 30.7 Å². The summed E-state index contributed by atoms with van der Waals surface area (Å²) in [6.45, 7) is 4.16. The summed E-state index contributed by atoms with van der Waals surface area (Å²) in [6.07, 6.45) is 5.73. The Bertz CT molecular complexity index is 1170. The van der Waals surface area contributed by atoms with Gasteiger partial charge in [-0.05, 0) is 51.7 Å². The third-order valence-electron chi connectivity index (χ3n) is 7.12. The van der Waals surface area contributed by atoms with E-state index in [1.54, 1.807) is 42.5 Å². The highest BCUT2D eigenvalue weighted by Crippen LogP contribution is 2.43. The fraction of sp³-hybridized carbons (Fsp3) is 0.522. The Morgan fingerprint density at radius 2 is 2.00 bits per heavy atom. The van der Waals surface area contributed by atoms with Crippen LogP contribution >= 0.6 is 0 Å². The molecule has 10 heteroatoms. The lowest BCUT2D eigenvalue weighted by molar-refractivity contribution is 0.00193. The maximum Gasteiger partial charge on any atom is 0.185 e. The van der Waals surface area contributed by atoms with Crippen LogP contribution in [0.4, 0.5) is 10.2 Å². The number of benzene rings is 1. The van der Waals surface area contributed by atoms with E-state index >= 15 is 4.39 Å². The van der Waals surface area contributed by atoms with E-state index in [9.17, 15) is 5.11 Å². The standard InChI is InChI=1S/C23H29FN8O/c1-22-8-5-9-23(2,30-22)19(24)16(11-22)32(4)18-12-25-21(28-27-18)15-7-6-14(10-17(15)33)20-26-13-31(3)29-20/h6-7,10,12-13,16,19,30,33H,5,8-9,11H2,1-4H3/t16-,19-,22-,23+/m1/s1. The largest absolute Gasteiger partial charge is 0.507 e. The molecule has 0 spiro atoms. The molecule has 2 aromatic heterocycles. The number of phenols is 1. The second-order valence-corrected chi connectivity index (χ2v) is 9.85. The zero-order chi connectivity index (χ0) is 23.4. The molecule has 2 bridgehead atoms. The predicted molar refractivity (Wildman–Crippen MR) is 122 cm³/mol. The number of anilines is 1. The first-order chi connectivity index (χ1) is 15.7. The number of hydrogen-bond acceptors (Lipinski definition) is 8. The average molecular weight is 453 g/mol. The van der Waals surface area contributed by atoms with Gasteiger partial charge in [-0.3, -0.25) is 4.68 Å². The summed E-state index contributed by atoms with van der Waals surface area (Å²) in [5.41, 5.74) is 0.511. The second-order valence-electron chi connectivity index (χ2n) is 9.85. The Morgan fingerprint density at radius 1 is 1.18 bits per heavy atom. The Balaban J connectivity index is 1.37. The van der Waals surface area contributed by atoms with Crippen molar-refractivity contribution in [2.24, 2.45) is 7.05 Å². The first-order valence-electron chi connectivity index (χ1n) is 11.2. The van der Waals surface area contributed by atoms with Gasteiger partial charge >= 0.3 is 0 Å². The minimum absolute atomic E-state index is 0.0127. The van der Waals surface area contributed by atoms with Crippen molar-refractivity contribution in [1.82, 2.24) is 35.3 Å². The molecule has 4 heterocycles. The number of piperidine rings is 2. The number of aromatic hydroxyl groups is 1. The highest BCUT2D eigenvalue weighted by molar-refractivity contribution is 5.70. The van der Waals surface area contributed by atoms with Gasteiger partial charge in [-0.25, -0.2) is 14.4 Å². The van der Waals surface area contributed by atoms with E-state index in [0.29, 0.717) is 35.0 Å². The summed E-state index contributed by atoms with van der Waals surface area (Å²) in [6, 6.07) is 4.78. The van der Waals surface area contributed by atoms with E-state index < -0.39 is 11.7 Å². The van der Waals surface area contributed by atoms with Gasteiger partial charge in [0.15, 0.2) is 17.5 Å². The minimum atomic E-state index is -1.03. The Kier molecular flexibility index (Phi) is 5.08. The summed E-state index contributed by atoms with van der Waals surface area (Å²) in [5, 5.41) is 26.9. The quantitative estimate of drug-likeness (QED) is 0.623. The molecule has 3 aromatic rings. The molecule has 0 aliphatic carbocycles. The number of halogens is 1. The van der Waals surface area contributed by atoms with Gasteiger partial charge in [-0.1, -0.05) is 6.07 Å². The van der Waals surface area contributed by atoms with Gasteiger partial charge in [-0.15, -0.1) is 10.2 Å². The molecular weight excluding hydrogens is 423 g/mol. The number of rotatable bonds is 4. The minimum Gasteiger partial charge on any atom is -0.507 e. The van der Waals surface area contributed by atoms with Gasteiger partial charge in [0.2, 0.25) is 0 Å². The van der Waals surface area contributed by atoms with Gasteiger partial charge in [0.25, 0.3) is 0 Å². The molecule has 0 saturated carbocycles. The predicted octanol–water partition coefficient (Wildman–Crippen LogP) is 2.88. The highest BCUT2D eigenvalue weighted by atomic mass is 19.1. The van der Waals surface area contributed by atoms with Crippen LogP contribution in [0.1, 0.15) is 39.5 Å². The number of hydrogen-bond donors (Lipinski definition) is 2. The van der Waals surface area contributed by atoms with Crippen LogP contribution in [0.25, 0.3) is 22.8 Å². The summed E-state index contributed by atoms with van der Waals surface area (Å²) >= 11 is 0. The molecule has 4 atom stereocenters. The maximum atomic E-state index is 15.6. The normalized spacial score (nSPS) is 29.1. The molecule has 1 aromatic carbocycles. The molecule has 174 valence electrons. The van der Waals surface area contributed by atoms with Gasteiger partial charge < -0.3 is 15.3 Å². The van der Waals surface area contributed by atoms with Crippen LogP contribution in [0, 0.1) is 0 Å². The molecule has 0 unspecified atom stereocenters. The van der Waals surface area contributed by atoms with Crippen molar-refractivity contribution in [3.63, 3.8) is 0 Å². The summed E-state index contributed by atoms with van der Waals surface area (Å²) in [5.74, 6) is 1.33. The number of fused-ring (bicyclic) bond motifs is 2. The number of phenolic OH excluding ortho intramolecular Hbond substituents is 1. The first kappa shape index (κ1) is 21.7. The fourth-order valence-electron chi connectivity index (χ4n) is 5.40. The van der Waals surface area contributed by atoms with Crippen LogP contribution in [-0.2, 0) is 7.05 Å². The van der Waals surface area contributed by atoms with Crippen LogP contribution in [0.15, 0.2) is 30.7 Å². The van der Waals surface area contributed by atoms with Crippen molar-refractivity contribution in [2.45, 2.75) is 62.8 Å². The molecule has 2 saturated heterocycles. The summed E-state index contributed by atoms with van der Waals surface area (Å²) < 4.78 is 17.2. The van der Waals surface area contributed by atoms with E-state index in [2.05, 4.69) is 37.5 Å². The third kappa shape index (κ3) is 3.82. The third-order valence-corrected chi connectivity index (χ3v) is 7.12. The van der Waals surface area contributed by atoms with E-state index in [1.807, 2.05) is 18.9 Å². The topological polar surface area (TPSA) is 105 Å². The Labute approximate surface area is 192 Å². The average Bonchev–Trinajstić information content (AvgIpc) is 3.22.